The van der Waals surface area contributed by atoms with Crippen LogP contribution in [0.25, 0.3) is 0 Å². The molecule has 0 aliphatic carbocycles. The summed E-state index contributed by atoms with van der Waals surface area (Å²) in [4.78, 5) is 21.7. The number of amides is 1. The molecule has 0 radical (unpaired) electrons. The van der Waals surface area contributed by atoms with Gasteiger partial charge in [-0.25, -0.2) is 0 Å². The molecule has 1 aromatic rings. The van der Waals surface area contributed by atoms with E-state index >= 15 is 0 Å². The molecule has 1 aromatic heterocycles. The molecule has 21 heavy (non-hydrogen) atoms. The zero-order valence-electron chi connectivity index (χ0n) is 13.9. The Morgan fingerprint density at radius 3 is 2.71 bits per heavy atom. The Kier molecular flexibility index (Phi) is 5.06. The van der Waals surface area contributed by atoms with Crippen molar-refractivity contribution in [2.45, 2.75) is 26.4 Å². The van der Waals surface area contributed by atoms with Crippen LogP contribution < -0.4 is 0 Å². The van der Waals surface area contributed by atoms with Gasteiger partial charge in [-0.15, -0.1) is 0 Å². The van der Waals surface area contributed by atoms with Gasteiger partial charge in [0.05, 0.1) is 0 Å². The first-order valence-corrected chi connectivity index (χ1v) is 7.70. The second-order valence-electron chi connectivity index (χ2n) is 6.64. The molecule has 1 fully saturated rings. The lowest BCUT2D eigenvalue weighted by Gasteiger charge is -2.42. The number of carbonyl (C=O) groups excluding carboxylic acids is 1. The molecule has 0 aromatic carbocycles. The average Bonchev–Trinajstić information content (AvgIpc) is 2.88. The highest BCUT2D eigenvalue weighted by molar-refractivity contribution is 5.92. The molecule has 1 amide bonds. The van der Waals surface area contributed by atoms with Gasteiger partial charge in [0.25, 0.3) is 5.91 Å². The van der Waals surface area contributed by atoms with E-state index in [0.29, 0.717) is 17.7 Å². The molecule has 0 spiro atoms. The number of carbonyl (C=O) groups is 1. The lowest BCUT2D eigenvalue weighted by Crippen LogP contribution is -2.53. The molecule has 1 aliphatic rings. The van der Waals surface area contributed by atoms with E-state index in [9.17, 15) is 4.79 Å². The van der Waals surface area contributed by atoms with Gasteiger partial charge in [0.2, 0.25) is 0 Å². The van der Waals surface area contributed by atoms with Gasteiger partial charge < -0.3 is 14.8 Å². The second kappa shape index (κ2) is 6.62. The highest BCUT2D eigenvalue weighted by Gasteiger charge is 2.27. The maximum Gasteiger partial charge on any atom is 0.269 e. The molecule has 0 saturated carbocycles. The molecule has 1 unspecified atom stereocenters. The van der Waals surface area contributed by atoms with Crippen molar-refractivity contribution in [3.8, 4) is 0 Å². The summed E-state index contributed by atoms with van der Waals surface area (Å²) in [6, 6.07) is 4.49. The Hall–Kier alpha value is -1.33. The van der Waals surface area contributed by atoms with E-state index in [0.717, 1.165) is 31.9 Å². The number of nitrogens with zero attached hydrogens (tertiary/aromatic N) is 3. The van der Waals surface area contributed by atoms with Gasteiger partial charge in [-0.05, 0) is 25.1 Å². The predicted molar refractivity (Wildman–Crippen MR) is 85.3 cm³/mol. The Balaban J connectivity index is 2.05. The summed E-state index contributed by atoms with van der Waals surface area (Å²) in [6.07, 6.45) is 0. The topological polar surface area (TPSA) is 42.6 Å². The minimum atomic E-state index is 0.0278. The van der Waals surface area contributed by atoms with Gasteiger partial charge in [0.15, 0.2) is 0 Å². The van der Waals surface area contributed by atoms with Gasteiger partial charge in [-0.2, -0.15) is 0 Å². The maximum absolute atomic E-state index is 11.9. The normalized spacial score (nSPS) is 21.0. The van der Waals surface area contributed by atoms with Crippen LogP contribution in [0, 0.1) is 5.92 Å². The molecule has 0 bridgehead atoms. The van der Waals surface area contributed by atoms with Gasteiger partial charge in [-0.1, -0.05) is 13.8 Å². The van der Waals surface area contributed by atoms with Crippen molar-refractivity contribution in [3.63, 3.8) is 0 Å². The molecule has 1 atom stereocenters. The molecule has 2 rings (SSSR count). The first-order valence-electron chi connectivity index (χ1n) is 7.70. The largest absolute Gasteiger partial charge is 0.353 e. The van der Waals surface area contributed by atoms with Gasteiger partial charge >= 0.3 is 0 Å². The van der Waals surface area contributed by atoms with E-state index in [4.69, 9.17) is 0 Å². The third kappa shape index (κ3) is 3.86. The fraction of sp³-hybridized carbons (Fsp3) is 0.688. The number of rotatable bonds is 4. The van der Waals surface area contributed by atoms with Crippen molar-refractivity contribution in [1.82, 2.24) is 19.7 Å². The quantitative estimate of drug-likeness (QED) is 0.914. The van der Waals surface area contributed by atoms with E-state index in [1.54, 1.807) is 19.0 Å². The molecule has 1 N–H and O–H groups in total. The van der Waals surface area contributed by atoms with Crippen molar-refractivity contribution >= 4 is 5.91 Å². The van der Waals surface area contributed by atoms with E-state index in [2.05, 4.69) is 35.7 Å². The Labute approximate surface area is 127 Å². The molecule has 1 aliphatic heterocycles. The molecular weight excluding hydrogens is 264 g/mol. The zero-order chi connectivity index (χ0) is 15.6. The molecule has 1 saturated heterocycles. The fourth-order valence-electron chi connectivity index (χ4n) is 2.94. The van der Waals surface area contributed by atoms with Crippen molar-refractivity contribution < 1.29 is 4.79 Å². The summed E-state index contributed by atoms with van der Waals surface area (Å²) in [5, 5.41) is 0. The number of H-pyrrole nitrogens is 1. The summed E-state index contributed by atoms with van der Waals surface area (Å²) in [5.74, 6) is 0.658. The van der Waals surface area contributed by atoms with Gasteiger partial charge in [0, 0.05) is 52.0 Å². The predicted octanol–water partition coefficient (Wildman–Crippen LogP) is 1.49. The number of aromatic amines is 1. The summed E-state index contributed by atoms with van der Waals surface area (Å²) in [5.41, 5.74) is 1.79. The lowest BCUT2D eigenvalue weighted by molar-refractivity contribution is 0.0562. The first kappa shape index (κ1) is 16.0. The van der Waals surface area contributed by atoms with Crippen LogP contribution >= 0.6 is 0 Å². The van der Waals surface area contributed by atoms with Crippen LogP contribution in [0.5, 0.6) is 0 Å². The third-order valence-corrected chi connectivity index (χ3v) is 4.26. The summed E-state index contributed by atoms with van der Waals surface area (Å²) in [7, 11) is 5.74. The molecule has 2 heterocycles. The number of hydrogen-bond donors (Lipinski definition) is 1. The van der Waals surface area contributed by atoms with Crippen molar-refractivity contribution in [2.24, 2.45) is 5.92 Å². The SMILES string of the molecule is CC(C)C1CN(C)CCN1Cc1ccc(C(=O)N(C)C)[nH]1. The van der Waals surface area contributed by atoms with E-state index < -0.39 is 0 Å². The average molecular weight is 292 g/mol. The summed E-state index contributed by atoms with van der Waals surface area (Å²) < 4.78 is 0. The van der Waals surface area contributed by atoms with Crippen LogP contribution in [0.2, 0.25) is 0 Å². The molecule has 118 valence electrons. The fourth-order valence-corrected chi connectivity index (χ4v) is 2.94. The van der Waals surface area contributed by atoms with E-state index in [1.807, 2.05) is 12.1 Å². The molecular formula is C16H28N4O. The van der Waals surface area contributed by atoms with Crippen LogP contribution in [-0.2, 0) is 6.54 Å². The first-order chi connectivity index (χ1) is 9.88. The minimum Gasteiger partial charge on any atom is -0.353 e. The summed E-state index contributed by atoms with van der Waals surface area (Å²) >= 11 is 0. The van der Waals surface area contributed by atoms with Crippen LogP contribution in [0.3, 0.4) is 0 Å². The van der Waals surface area contributed by atoms with Crippen LogP contribution in [0.1, 0.15) is 30.0 Å². The minimum absolute atomic E-state index is 0.0278. The standard InChI is InChI=1S/C16H28N4O/c1-12(2)15-11-19(5)8-9-20(15)10-13-6-7-14(17-13)16(21)18(3)4/h6-7,12,15,17H,8-11H2,1-5H3. The third-order valence-electron chi connectivity index (χ3n) is 4.26. The van der Waals surface area contributed by atoms with Gasteiger partial charge in [-0.3, -0.25) is 9.69 Å². The Morgan fingerprint density at radius 2 is 2.10 bits per heavy atom. The van der Waals surface area contributed by atoms with Crippen molar-refractivity contribution in [2.75, 3.05) is 40.8 Å². The number of nitrogens with one attached hydrogen (secondary N) is 1. The maximum atomic E-state index is 11.9. The van der Waals surface area contributed by atoms with Crippen molar-refractivity contribution in [1.29, 1.82) is 0 Å². The Morgan fingerprint density at radius 1 is 1.38 bits per heavy atom. The van der Waals surface area contributed by atoms with Crippen LogP contribution in [0.4, 0.5) is 0 Å². The van der Waals surface area contributed by atoms with E-state index in [-0.39, 0.29) is 5.91 Å². The van der Waals surface area contributed by atoms with Crippen molar-refractivity contribution in [3.05, 3.63) is 23.5 Å². The number of aromatic nitrogens is 1. The zero-order valence-corrected chi connectivity index (χ0v) is 13.9. The molecule has 5 nitrogen and oxygen atoms in total. The Bertz CT molecular complexity index is 480. The molecule has 5 heteroatoms. The lowest BCUT2D eigenvalue weighted by atomic mass is 9.99. The highest BCUT2D eigenvalue weighted by Crippen LogP contribution is 2.19. The second-order valence-corrected chi connectivity index (χ2v) is 6.64. The summed E-state index contributed by atoms with van der Waals surface area (Å²) in [6.45, 7) is 8.75. The monoisotopic (exact) mass is 292 g/mol. The van der Waals surface area contributed by atoms with Crippen LogP contribution in [-0.4, -0.2) is 72.4 Å². The van der Waals surface area contributed by atoms with Gasteiger partial charge in [0.1, 0.15) is 5.69 Å². The smallest absolute Gasteiger partial charge is 0.269 e. The number of hydrogen-bond acceptors (Lipinski definition) is 3. The highest BCUT2D eigenvalue weighted by atomic mass is 16.2. The van der Waals surface area contributed by atoms with E-state index in [1.165, 1.54) is 0 Å². The number of likely N-dealkylation sites (N-methyl/N-ethyl adjacent to an activating group) is 1. The number of piperazine rings is 1. The van der Waals surface area contributed by atoms with Crippen LogP contribution in [0.15, 0.2) is 12.1 Å².